The smallest absolute Gasteiger partial charge is 0.357 e. The first-order chi connectivity index (χ1) is 14.8. The number of aromatic nitrogens is 1. The maximum absolute atomic E-state index is 12.6. The molecule has 11 heteroatoms. The molecule has 3 aromatic rings. The average molecular weight is 462 g/mol. The Labute approximate surface area is 183 Å². The van der Waals surface area contributed by atoms with Crippen molar-refractivity contribution in [3.05, 3.63) is 65.2 Å². The lowest BCUT2D eigenvalue weighted by atomic mass is 10.2. The van der Waals surface area contributed by atoms with E-state index in [0.29, 0.717) is 5.75 Å². The second-order valence-electron chi connectivity index (χ2n) is 6.07. The quantitative estimate of drug-likeness (QED) is 0.493. The van der Waals surface area contributed by atoms with Gasteiger partial charge in [0.2, 0.25) is 0 Å². The lowest BCUT2D eigenvalue weighted by Crippen LogP contribution is -2.15. The molecule has 0 fully saturated rings. The predicted octanol–water partition coefficient (Wildman–Crippen LogP) is 3.38. The van der Waals surface area contributed by atoms with Crippen molar-refractivity contribution >= 4 is 44.1 Å². The van der Waals surface area contributed by atoms with Gasteiger partial charge in [0.05, 0.1) is 18.6 Å². The number of nitrogens with one attached hydrogen (secondary N) is 2. The molecule has 3 rings (SSSR count). The number of ether oxygens (including phenoxy) is 2. The number of anilines is 2. The summed E-state index contributed by atoms with van der Waals surface area (Å²) in [5.41, 5.74) is 0.529. The van der Waals surface area contributed by atoms with E-state index in [1.165, 1.54) is 55.0 Å². The Morgan fingerprint density at radius 2 is 1.87 bits per heavy atom. The van der Waals surface area contributed by atoms with Crippen molar-refractivity contribution in [2.75, 3.05) is 23.8 Å². The molecule has 162 valence electrons. The molecule has 1 amide bonds. The number of hydrogen-bond donors (Lipinski definition) is 2. The van der Waals surface area contributed by atoms with Gasteiger partial charge in [0.1, 0.15) is 5.75 Å². The van der Waals surface area contributed by atoms with Crippen LogP contribution in [0.15, 0.2) is 58.8 Å². The Balaban J connectivity index is 1.72. The molecule has 0 aliphatic rings. The van der Waals surface area contributed by atoms with Crippen LogP contribution in [0.4, 0.5) is 10.8 Å². The number of nitrogens with zero attached hydrogens (tertiary/aromatic N) is 1. The van der Waals surface area contributed by atoms with Gasteiger partial charge < -0.3 is 9.47 Å². The number of methoxy groups -OCH3 is 1. The van der Waals surface area contributed by atoms with Crippen molar-refractivity contribution in [1.29, 1.82) is 0 Å². The third-order valence-corrected chi connectivity index (χ3v) is 6.11. The zero-order chi connectivity index (χ0) is 22.4. The van der Waals surface area contributed by atoms with Crippen molar-refractivity contribution < 1.29 is 27.5 Å². The normalized spacial score (nSPS) is 10.9. The zero-order valence-corrected chi connectivity index (χ0v) is 18.2. The molecule has 0 unspecified atom stereocenters. The SMILES string of the molecule is CCOC(=O)c1csc(NC(=O)c2cccc(NS(=O)(=O)c3ccc(OC)cc3)c2)n1. The molecule has 0 bridgehead atoms. The highest BCUT2D eigenvalue weighted by atomic mass is 32.2. The monoisotopic (exact) mass is 461 g/mol. The number of esters is 1. The number of benzene rings is 2. The van der Waals surface area contributed by atoms with E-state index in [9.17, 15) is 18.0 Å². The highest BCUT2D eigenvalue weighted by molar-refractivity contribution is 7.92. The van der Waals surface area contributed by atoms with Gasteiger partial charge in [0.15, 0.2) is 10.8 Å². The average Bonchev–Trinajstić information content (AvgIpc) is 3.22. The lowest BCUT2D eigenvalue weighted by Gasteiger charge is -2.10. The molecular weight excluding hydrogens is 442 g/mol. The summed E-state index contributed by atoms with van der Waals surface area (Å²) in [7, 11) is -2.36. The van der Waals surface area contributed by atoms with E-state index < -0.39 is 21.9 Å². The highest BCUT2D eigenvalue weighted by Gasteiger charge is 2.17. The molecule has 2 N–H and O–H groups in total. The minimum atomic E-state index is -3.85. The van der Waals surface area contributed by atoms with Crippen LogP contribution in [0.1, 0.15) is 27.8 Å². The summed E-state index contributed by atoms with van der Waals surface area (Å²) in [5, 5.41) is 4.28. The molecule has 0 aliphatic heterocycles. The second kappa shape index (κ2) is 9.58. The van der Waals surface area contributed by atoms with Gasteiger partial charge in [-0.15, -0.1) is 11.3 Å². The lowest BCUT2D eigenvalue weighted by molar-refractivity contribution is 0.0520. The number of amides is 1. The molecule has 0 saturated heterocycles. The Bertz CT molecular complexity index is 1190. The first-order valence-electron chi connectivity index (χ1n) is 9.03. The molecule has 0 aliphatic carbocycles. The molecule has 0 spiro atoms. The van der Waals surface area contributed by atoms with Crippen molar-refractivity contribution in [2.24, 2.45) is 0 Å². The van der Waals surface area contributed by atoms with E-state index in [2.05, 4.69) is 15.0 Å². The summed E-state index contributed by atoms with van der Waals surface area (Å²) in [5.74, 6) is -0.546. The van der Waals surface area contributed by atoms with Gasteiger partial charge in [-0.05, 0) is 49.4 Å². The van der Waals surface area contributed by atoms with E-state index >= 15 is 0 Å². The van der Waals surface area contributed by atoms with Crippen molar-refractivity contribution in [2.45, 2.75) is 11.8 Å². The summed E-state index contributed by atoms with van der Waals surface area (Å²) in [4.78, 5) is 28.3. The van der Waals surface area contributed by atoms with Gasteiger partial charge in [0, 0.05) is 16.6 Å². The van der Waals surface area contributed by atoms with Crippen LogP contribution in [-0.4, -0.2) is 39.0 Å². The summed E-state index contributed by atoms with van der Waals surface area (Å²) >= 11 is 1.08. The van der Waals surface area contributed by atoms with Crippen LogP contribution in [0.5, 0.6) is 5.75 Å². The van der Waals surface area contributed by atoms with E-state index in [-0.39, 0.29) is 33.6 Å². The fourth-order valence-electron chi connectivity index (χ4n) is 2.49. The van der Waals surface area contributed by atoms with Crippen LogP contribution in [0.25, 0.3) is 0 Å². The molecule has 31 heavy (non-hydrogen) atoms. The maximum Gasteiger partial charge on any atom is 0.357 e. The molecule has 0 saturated carbocycles. The topological polar surface area (TPSA) is 124 Å². The molecule has 1 aromatic heterocycles. The van der Waals surface area contributed by atoms with Crippen LogP contribution in [-0.2, 0) is 14.8 Å². The van der Waals surface area contributed by atoms with Crippen LogP contribution < -0.4 is 14.8 Å². The van der Waals surface area contributed by atoms with Gasteiger partial charge in [-0.25, -0.2) is 18.2 Å². The van der Waals surface area contributed by atoms with Crippen LogP contribution >= 0.6 is 11.3 Å². The van der Waals surface area contributed by atoms with E-state index in [1.807, 2.05) is 0 Å². The van der Waals surface area contributed by atoms with Gasteiger partial charge in [-0.1, -0.05) is 6.07 Å². The minimum absolute atomic E-state index is 0.0532. The molecule has 9 nitrogen and oxygen atoms in total. The van der Waals surface area contributed by atoms with Crippen molar-refractivity contribution in [3.8, 4) is 5.75 Å². The van der Waals surface area contributed by atoms with Gasteiger partial charge in [-0.3, -0.25) is 14.8 Å². The fourth-order valence-corrected chi connectivity index (χ4v) is 4.22. The van der Waals surface area contributed by atoms with Gasteiger partial charge >= 0.3 is 5.97 Å². The maximum atomic E-state index is 12.6. The standard InChI is InChI=1S/C20H19N3O6S2/c1-3-29-19(25)17-12-30-20(21-17)22-18(24)13-5-4-6-14(11-13)23-31(26,27)16-9-7-15(28-2)8-10-16/h4-12,23H,3H2,1-2H3,(H,21,22,24). The molecular formula is C20H19N3O6S2. The Kier molecular flexibility index (Phi) is 6.88. The first-order valence-corrected chi connectivity index (χ1v) is 11.4. The van der Waals surface area contributed by atoms with Gasteiger partial charge in [-0.2, -0.15) is 0 Å². The van der Waals surface area contributed by atoms with Crippen LogP contribution in [0.3, 0.4) is 0 Å². The van der Waals surface area contributed by atoms with E-state index in [1.54, 1.807) is 13.0 Å². The highest BCUT2D eigenvalue weighted by Crippen LogP contribution is 2.21. The number of thiazole rings is 1. The summed E-state index contributed by atoms with van der Waals surface area (Å²) < 4.78 is 37.5. The van der Waals surface area contributed by atoms with Crippen molar-refractivity contribution in [3.63, 3.8) is 0 Å². The molecule has 0 radical (unpaired) electrons. The van der Waals surface area contributed by atoms with Crippen LogP contribution in [0, 0.1) is 0 Å². The zero-order valence-electron chi connectivity index (χ0n) is 16.6. The second-order valence-corrected chi connectivity index (χ2v) is 8.61. The Hall–Kier alpha value is -3.44. The first kappa shape index (κ1) is 22.2. The Morgan fingerprint density at radius 3 is 2.55 bits per heavy atom. The third-order valence-electron chi connectivity index (χ3n) is 3.96. The van der Waals surface area contributed by atoms with Gasteiger partial charge in [0.25, 0.3) is 15.9 Å². The van der Waals surface area contributed by atoms with Crippen molar-refractivity contribution in [1.82, 2.24) is 4.98 Å². The largest absolute Gasteiger partial charge is 0.497 e. The van der Waals surface area contributed by atoms with Crippen LogP contribution in [0.2, 0.25) is 0 Å². The number of rotatable bonds is 8. The third kappa shape index (κ3) is 5.58. The summed E-state index contributed by atoms with van der Waals surface area (Å²) in [6, 6.07) is 11.9. The molecule has 2 aromatic carbocycles. The molecule has 0 atom stereocenters. The predicted molar refractivity (Wildman–Crippen MR) is 116 cm³/mol. The summed E-state index contributed by atoms with van der Waals surface area (Å²) in [6.07, 6.45) is 0. The number of carbonyl (C=O) groups excluding carboxylic acids is 2. The minimum Gasteiger partial charge on any atom is -0.497 e. The number of hydrogen-bond acceptors (Lipinski definition) is 8. The summed E-state index contributed by atoms with van der Waals surface area (Å²) in [6.45, 7) is 1.90. The van der Waals surface area contributed by atoms with E-state index in [0.717, 1.165) is 11.3 Å². The number of sulfonamides is 1. The molecule has 1 heterocycles. The number of carbonyl (C=O) groups is 2. The fraction of sp³-hybridized carbons (Fsp3) is 0.150. The van der Waals surface area contributed by atoms with E-state index in [4.69, 9.17) is 9.47 Å². The Morgan fingerprint density at radius 1 is 1.13 bits per heavy atom.